The quantitative estimate of drug-likeness (QED) is 0.352. The van der Waals surface area contributed by atoms with Gasteiger partial charge in [0, 0.05) is 39.8 Å². The highest BCUT2D eigenvalue weighted by atomic mass is 127. The Labute approximate surface area is 191 Å². The summed E-state index contributed by atoms with van der Waals surface area (Å²) < 4.78 is 6.03. The van der Waals surface area contributed by atoms with Crippen LogP contribution >= 0.6 is 39.9 Å². The van der Waals surface area contributed by atoms with Crippen LogP contribution in [0.2, 0.25) is 0 Å². The van der Waals surface area contributed by atoms with Crippen LogP contribution < -0.4 is 15.0 Å². The number of hydrogen-bond acceptors (Lipinski definition) is 5. The van der Waals surface area contributed by atoms with Gasteiger partial charge < -0.3 is 19.9 Å². The van der Waals surface area contributed by atoms with E-state index in [9.17, 15) is 0 Å². The molecule has 28 heavy (non-hydrogen) atoms. The predicted octanol–water partition coefficient (Wildman–Crippen LogP) is 3.07. The van der Waals surface area contributed by atoms with Crippen molar-refractivity contribution in [2.24, 2.45) is 4.99 Å². The molecule has 1 fully saturated rings. The third kappa shape index (κ3) is 5.47. The number of nitrogens with one attached hydrogen (secondary N) is 1. The van der Waals surface area contributed by atoms with E-state index in [2.05, 4.69) is 77.2 Å². The Hall–Kier alpha value is -1.62. The second-order valence-corrected chi connectivity index (χ2v) is 7.18. The molecule has 1 N–H and O–H groups in total. The van der Waals surface area contributed by atoms with Gasteiger partial charge in [-0.05, 0) is 34.0 Å². The third-order valence-corrected chi connectivity index (χ3v) is 5.21. The summed E-state index contributed by atoms with van der Waals surface area (Å²) in [6, 6.07) is 8.40. The van der Waals surface area contributed by atoms with Crippen molar-refractivity contribution in [2.75, 3.05) is 45.2 Å². The molecule has 0 atom stereocenters. The number of methoxy groups -OCH3 is 1. The summed E-state index contributed by atoms with van der Waals surface area (Å²) >= 11 is 3.39. The van der Waals surface area contributed by atoms with Gasteiger partial charge in [-0.15, -0.1) is 24.0 Å². The van der Waals surface area contributed by atoms with Crippen LogP contribution in [-0.4, -0.2) is 61.2 Å². The molecule has 2 aromatic rings. The number of piperazine rings is 1. The Morgan fingerprint density at radius 3 is 2.61 bits per heavy atom. The molecule has 0 aliphatic carbocycles. The smallest absolute Gasteiger partial charge is 0.232 e. The lowest BCUT2D eigenvalue weighted by Crippen LogP contribution is -2.52. The predicted molar refractivity (Wildman–Crippen MR) is 127 cm³/mol. The van der Waals surface area contributed by atoms with Crippen LogP contribution in [0.25, 0.3) is 0 Å². The fourth-order valence-corrected chi connectivity index (χ4v) is 3.42. The van der Waals surface area contributed by atoms with E-state index in [1.54, 1.807) is 13.3 Å². The number of guanidine groups is 1. The Morgan fingerprint density at radius 1 is 1.25 bits per heavy atom. The molecule has 0 saturated carbocycles. The van der Waals surface area contributed by atoms with Crippen molar-refractivity contribution >= 4 is 51.8 Å². The van der Waals surface area contributed by atoms with Crippen LogP contribution in [0.4, 0.5) is 5.95 Å². The monoisotopic (exact) mass is 560 g/mol. The van der Waals surface area contributed by atoms with Crippen molar-refractivity contribution in [2.45, 2.75) is 13.5 Å². The molecule has 0 radical (unpaired) electrons. The summed E-state index contributed by atoms with van der Waals surface area (Å²) in [5.41, 5.74) is 2.57. The fraction of sp³-hybridized carbons (Fsp3) is 0.421. The van der Waals surface area contributed by atoms with Crippen molar-refractivity contribution in [1.82, 2.24) is 20.2 Å². The van der Waals surface area contributed by atoms with E-state index in [0.29, 0.717) is 11.8 Å². The maximum Gasteiger partial charge on any atom is 0.232 e. The minimum absolute atomic E-state index is 0. The number of hydrogen-bond donors (Lipinski definition) is 1. The number of benzene rings is 1. The molecule has 1 aromatic carbocycles. The zero-order chi connectivity index (χ0) is 19.2. The molecule has 0 amide bonds. The van der Waals surface area contributed by atoms with E-state index in [0.717, 1.165) is 43.2 Å². The second kappa shape index (κ2) is 10.8. The molecule has 7 nitrogen and oxygen atoms in total. The van der Waals surface area contributed by atoms with Crippen molar-refractivity contribution in [3.63, 3.8) is 0 Å². The zero-order valence-electron chi connectivity index (χ0n) is 16.4. The molecule has 0 bridgehead atoms. The van der Waals surface area contributed by atoms with Gasteiger partial charge in [-0.2, -0.15) is 4.98 Å². The average Bonchev–Trinajstić information content (AvgIpc) is 2.70. The van der Waals surface area contributed by atoms with Crippen LogP contribution in [0.15, 0.2) is 39.9 Å². The molecular weight excluding hydrogens is 535 g/mol. The van der Waals surface area contributed by atoms with E-state index in [1.807, 2.05) is 7.05 Å². The van der Waals surface area contributed by atoms with Gasteiger partial charge in [-0.25, -0.2) is 4.98 Å². The number of rotatable bonds is 4. The van der Waals surface area contributed by atoms with E-state index < -0.39 is 0 Å². The molecule has 1 aliphatic rings. The fourth-order valence-electron chi connectivity index (χ4n) is 3.07. The first-order chi connectivity index (χ1) is 13.1. The standard InChI is InChI=1S/C19H25BrN6O.HI/c1-14-6-4-5-7-15(14)12-22-18(21-2)25-8-10-26(11-9-25)19-23-13-16(20)17(24-19)27-3;/h4-7,13H,8-12H2,1-3H3,(H,21,22);1H. The van der Waals surface area contributed by atoms with Crippen LogP contribution in [0.3, 0.4) is 0 Å². The van der Waals surface area contributed by atoms with E-state index in [4.69, 9.17) is 4.74 Å². The molecular formula is C19H26BrIN6O. The molecule has 1 saturated heterocycles. The summed E-state index contributed by atoms with van der Waals surface area (Å²) in [5.74, 6) is 2.17. The summed E-state index contributed by atoms with van der Waals surface area (Å²) in [7, 11) is 3.44. The topological polar surface area (TPSA) is 65.9 Å². The molecule has 0 spiro atoms. The molecule has 1 aliphatic heterocycles. The number of nitrogens with zero attached hydrogens (tertiary/aromatic N) is 5. The third-order valence-electron chi connectivity index (χ3n) is 4.66. The van der Waals surface area contributed by atoms with Crippen molar-refractivity contribution in [1.29, 1.82) is 0 Å². The first-order valence-corrected chi connectivity index (χ1v) is 9.73. The van der Waals surface area contributed by atoms with E-state index in [-0.39, 0.29) is 24.0 Å². The van der Waals surface area contributed by atoms with Crippen LogP contribution in [0, 0.1) is 6.92 Å². The van der Waals surface area contributed by atoms with E-state index in [1.165, 1.54) is 11.1 Å². The minimum atomic E-state index is 0. The highest BCUT2D eigenvalue weighted by Gasteiger charge is 2.22. The Bertz CT molecular complexity index is 811. The lowest BCUT2D eigenvalue weighted by molar-refractivity contribution is 0.366. The lowest BCUT2D eigenvalue weighted by Gasteiger charge is -2.36. The number of ether oxygens (including phenoxy) is 1. The highest BCUT2D eigenvalue weighted by Crippen LogP contribution is 2.23. The number of aliphatic imine (C=N–C) groups is 1. The summed E-state index contributed by atoms with van der Waals surface area (Å²) in [5, 5.41) is 3.48. The Kier molecular flexibility index (Phi) is 8.74. The van der Waals surface area contributed by atoms with Gasteiger partial charge in [0.2, 0.25) is 11.8 Å². The molecule has 0 unspecified atom stereocenters. The van der Waals surface area contributed by atoms with Gasteiger partial charge in [0.15, 0.2) is 5.96 Å². The van der Waals surface area contributed by atoms with Crippen LogP contribution in [0.5, 0.6) is 5.88 Å². The van der Waals surface area contributed by atoms with Gasteiger partial charge in [0.25, 0.3) is 0 Å². The molecule has 3 rings (SSSR count). The van der Waals surface area contributed by atoms with Gasteiger partial charge in [0.05, 0.1) is 17.8 Å². The number of aryl methyl sites for hydroxylation is 1. The second-order valence-electron chi connectivity index (χ2n) is 6.33. The largest absolute Gasteiger partial charge is 0.480 e. The SMILES string of the molecule is CN=C(NCc1ccccc1C)N1CCN(c2ncc(Br)c(OC)n2)CC1.I. The Morgan fingerprint density at radius 2 is 1.96 bits per heavy atom. The van der Waals surface area contributed by atoms with Gasteiger partial charge in [-0.3, -0.25) is 4.99 Å². The van der Waals surface area contributed by atoms with Gasteiger partial charge in [-0.1, -0.05) is 24.3 Å². The van der Waals surface area contributed by atoms with Crippen LogP contribution in [0.1, 0.15) is 11.1 Å². The van der Waals surface area contributed by atoms with Crippen molar-refractivity contribution in [3.05, 3.63) is 46.1 Å². The Balaban J connectivity index is 0.00000280. The molecule has 9 heteroatoms. The first kappa shape index (κ1) is 22.7. The van der Waals surface area contributed by atoms with Gasteiger partial charge >= 0.3 is 0 Å². The van der Waals surface area contributed by atoms with Crippen molar-refractivity contribution < 1.29 is 4.74 Å². The molecule has 1 aromatic heterocycles. The summed E-state index contributed by atoms with van der Waals surface area (Å²) in [6.07, 6.45) is 1.73. The lowest BCUT2D eigenvalue weighted by atomic mass is 10.1. The highest BCUT2D eigenvalue weighted by molar-refractivity contribution is 14.0. The van der Waals surface area contributed by atoms with Crippen molar-refractivity contribution in [3.8, 4) is 5.88 Å². The molecule has 2 heterocycles. The summed E-state index contributed by atoms with van der Waals surface area (Å²) in [4.78, 5) is 17.8. The maximum absolute atomic E-state index is 5.27. The normalized spacial score (nSPS) is 14.5. The van der Waals surface area contributed by atoms with Crippen LogP contribution in [-0.2, 0) is 6.54 Å². The minimum Gasteiger partial charge on any atom is -0.480 e. The zero-order valence-corrected chi connectivity index (χ0v) is 20.3. The maximum atomic E-state index is 5.27. The molecule has 152 valence electrons. The first-order valence-electron chi connectivity index (χ1n) is 8.94. The number of aromatic nitrogens is 2. The average molecular weight is 561 g/mol. The number of halogens is 2. The van der Waals surface area contributed by atoms with Gasteiger partial charge in [0.1, 0.15) is 0 Å². The van der Waals surface area contributed by atoms with E-state index >= 15 is 0 Å². The number of anilines is 1. The summed E-state index contributed by atoms with van der Waals surface area (Å²) in [6.45, 7) is 6.27.